The molecule has 1 atom stereocenters. The minimum atomic E-state index is -0.626. The summed E-state index contributed by atoms with van der Waals surface area (Å²) in [5.41, 5.74) is 2.01. The van der Waals surface area contributed by atoms with Gasteiger partial charge in [0.15, 0.2) is 0 Å². The van der Waals surface area contributed by atoms with E-state index in [0.717, 1.165) is 12.1 Å². The fraction of sp³-hybridized carbons (Fsp3) is 0.394. The van der Waals surface area contributed by atoms with Crippen LogP contribution >= 0.6 is 0 Å². The van der Waals surface area contributed by atoms with Crippen molar-refractivity contribution in [1.29, 1.82) is 0 Å². The molecule has 0 saturated carbocycles. The molecule has 0 N–H and O–H groups in total. The third kappa shape index (κ3) is 8.24. The Hall–Kier alpha value is -4.04. The smallest absolute Gasteiger partial charge is 0.410 e. The highest BCUT2D eigenvalue weighted by Crippen LogP contribution is 2.27. The quantitative estimate of drug-likeness (QED) is 0.346. The first-order valence-corrected chi connectivity index (χ1v) is 14.0. The molecule has 8 heteroatoms. The summed E-state index contributed by atoms with van der Waals surface area (Å²) < 4.78 is 16.8. The van der Waals surface area contributed by atoms with E-state index < -0.39 is 5.60 Å². The summed E-state index contributed by atoms with van der Waals surface area (Å²) in [4.78, 5) is 33.2. The maximum absolute atomic E-state index is 13.9. The van der Waals surface area contributed by atoms with E-state index in [1.54, 1.807) is 24.0 Å². The average Bonchev–Trinajstić information content (AvgIpc) is 2.96. The Labute approximate surface area is 243 Å². The number of methoxy groups -OCH3 is 2. The summed E-state index contributed by atoms with van der Waals surface area (Å²) in [7, 11) is 3.21. The summed E-state index contributed by atoms with van der Waals surface area (Å²) in [6.45, 7) is 8.82. The van der Waals surface area contributed by atoms with Crippen molar-refractivity contribution in [2.75, 3.05) is 40.4 Å². The molecule has 8 nitrogen and oxygen atoms in total. The van der Waals surface area contributed by atoms with Crippen molar-refractivity contribution in [1.82, 2.24) is 14.7 Å². The minimum absolute atomic E-state index is 0.118. The van der Waals surface area contributed by atoms with Gasteiger partial charge in [-0.25, -0.2) is 4.79 Å². The molecule has 3 aromatic rings. The number of benzene rings is 3. The van der Waals surface area contributed by atoms with Crippen molar-refractivity contribution in [2.24, 2.45) is 0 Å². The highest BCUT2D eigenvalue weighted by atomic mass is 16.6. The summed E-state index contributed by atoms with van der Waals surface area (Å²) in [5.74, 6) is 1.19. The second kappa shape index (κ2) is 13.5. The zero-order chi connectivity index (χ0) is 29.4. The molecular weight excluding hydrogens is 518 g/mol. The third-order valence-electron chi connectivity index (χ3n) is 7.04. The summed E-state index contributed by atoms with van der Waals surface area (Å²) >= 11 is 0. The van der Waals surface area contributed by atoms with Gasteiger partial charge < -0.3 is 24.0 Å². The molecule has 0 spiro atoms. The second-order valence-corrected chi connectivity index (χ2v) is 11.3. The number of ether oxygens (including phenoxy) is 3. The molecule has 1 aliphatic heterocycles. The number of carbonyl (C=O) groups is 2. The zero-order valence-corrected chi connectivity index (χ0v) is 24.7. The maximum atomic E-state index is 13.9. The Morgan fingerprint density at radius 2 is 1.59 bits per heavy atom. The van der Waals surface area contributed by atoms with Gasteiger partial charge in [0.25, 0.3) is 5.91 Å². The van der Waals surface area contributed by atoms with Crippen molar-refractivity contribution >= 4 is 12.0 Å². The van der Waals surface area contributed by atoms with E-state index in [1.807, 2.05) is 87.5 Å². The molecule has 0 radical (unpaired) electrons. The summed E-state index contributed by atoms with van der Waals surface area (Å²) in [5, 5.41) is 0. The van der Waals surface area contributed by atoms with Crippen LogP contribution < -0.4 is 9.47 Å². The average molecular weight is 560 g/mol. The van der Waals surface area contributed by atoms with Gasteiger partial charge in [-0.2, -0.15) is 0 Å². The Bertz CT molecular complexity index is 1290. The van der Waals surface area contributed by atoms with E-state index in [0.29, 0.717) is 49.8 Å². The lowest BCUT2D eigenvalue weighted by molar-refractivity contribution is -0.00854. The lowest BCUT2D eigenvalue weighted by atomic mass is 10.1. The predicted octanol–water partition coefficient (Wildman–Crippen LogP) is 5.47. The van der Waals surface area contributed by atoms with E-state index in [4.69, 9.17) is 14.2 Å². The van der Waals surface area contributed by atoms with Gasteiger partial charge in [-0.05, 0) is 50.6 Å². The number of carbonyl (C=O) groups excluding carboxylic acids is 2. The van der Waals surface area contributed by atoms with Crippen LogP contribution in [0.1, 0.15) is 42.3 Å². The summed E-state index contributed by atoms with van der Waals surface area (Å²) in [6.07, 6.45) is -0.365. The summed E-state index contributed by atoms with van der Waals surface area (Å²) in [6, 6.07) is 24.8. The number of piperazine rings is 1. The Balaban J connectivity index is 1.65. The van der Waals surface area contributed by atoms with Gasteiger partial charge >= 0.3 is 6.09 Å². The molecule has 3 aromatic carbocycles. The van der Waals surface area contributed by atoms with Crippen molar-refractivity contribution < 1.29 is 23.8 Å². The van der Waals surface area contributed by atoms with Crippen LogP contribution in [0.15, 0.2) is 78.9 Å². The fourth-order valence-electron chi connectivity index (χ4n) is 5.05. The molecule has 1 fully saturated rings. The molecular formula is C33H41N3O5. The topological polar surface area (TPSA) is 71.5 Å². The first-order chi connectivity index (χ1) is 19.7. The van der Waals surface area contributed by atoms with Gasteiger partial charge in [0.1, 0.15) is 17.1 Å². The van der Waals surface area contributed by atoms with E-state index >= 15 is 0 Å². The van der Waals surface area contributed by atoms with Crippen molar-refractivity contribution in [2.45, 2.75) is 45.5 Å². The Kier molecular flexibility index (Phi) is 9.89. The number of hydrogen-bond donors (Lipinski definition) is 0. The van der Waals surface area contributed by atoms with Gasteiger partial charge in [0.2, 0.25) is 0 Å². The van der Waals surface area contributed by atoms with E-state index in [9.17, 15) is 9.59 Å². The molecule has 0 bridgehead atoms. The minimum Gasteiger partial charge on any atom is -0.497 e. The van der Waals surface area contributed by atoms with Gasteiger partial charge in [-0.3, -0.25) is 9.69 Å². The highest BCUT2D eigenvalue weighted by molar-refractivity contribution is 5.94. The standard InChI is InChI=1S/C33H41N3O5/c1-33(2,3)41-32(38)36-19-18-34(21-25-12-8-6-9-13-25)23-28(36)24-35(31(37)26-14-10-7-11-15-26)22-27-16-17-29(39-4)20-30(27)40-5/h6-17,20,28H,18-19,21-24H2,1-5H3/t28-/m0/s1. The number of nitrogens with zero attached hydrogens (tertiary/aromatic N) is 3. The fourth-order valence-corrected chi connectivity index (χ4v) is 5.05. The molecule has 4 rings (SSSR count). The number of hydrogen-bond acceptors (Lipinski definition) is 6. The van der Waals surface area contributed by atoms with E-state index in [1.165, 1.54) is 5.56 Å². The largest absolute Gasteiger partial charge is 0.497 e. The van der Waals surface area contributed by atoms with Crippen molar-refractivity contribution in [3.63, 3.8) is 0 Å². The molecule has 1 heterocycles. The number of amides is 2. The normalized spacial score (nSPS) is 15.7. The lowest BCUT2D eigenvalue weighted by Crippen LogP contribution is -2.59. The van der Waals surface area contributed by atoms with Crippen LogP contribution in [0.4, 0.5) is 4.79 Å². The predicted molar refractivity (Wildman–Crippen MR) is 159 cm³/mol. The highest BCUT2D eigenvalue weighted by Gasteiger charge is 2.35. The van der Waals surface area contributed by atoms with Crippen molar-refractivity contribution in [3.8, 4) is 11.5 Å². The lowest BCUT2D eigenvalue weighted by Gasteiger charge is -2.43. The monoisotopic (exact) mass is 559 g/mol. The molecule has 0 aromatic heterocycles. The van der Waals surface area contributed by atoms with Crippen LogP contribution in [0, 0.1) is 0 Å². The SMILES string of the molecule is COc1ccc(CN(C[C@@H]2CN(Cc3ccccc3)CCN2C(=O)OC(C)(C)C)C(=O)c2ccccc2)c(OC)c1. The molecule has 0 aliphatic carbocycles. The number of rotatable bonds is 9. The third-order valence-corrected chi connectivity index (χ3v) is 7.04. The van der Waals surface area contributed by atoms with Gasteiger partial charge in [-0.15, -0.1) is 0 Å². The van der Waals surface area contributed by atoms with Crippen molar-refractivity contribution in [3.05, 3.63) is 95.6 Å². The van der Waals surface area contributed by atoms with Crippen LogP contribution in [0.5, 0.6) is 11.5 Å². The maximum Gasteiger partial charge on any atom is 0.410 e. The molecule has 0 unspecified atom stereocenters. The van der Waals surface area contributed by atoms with E-state index in [2.05, 4.69) is 17.0 Å². The van der Waals surface area contributed by atoms with Gasteiger partial charge in [0, 0.05) is 56.5 Å². The first-order valence-electron chi connectivity index (χ1n) is 14.0. The van der Waals surface area contributed by atoms with Crippen LogP contribution in [-0.2, 0) is 17.8 Å². The van der Waals surface area contributed by atoms with Crippen LogP contribution in [0.25, 0.3) is 0 Å². The van der Waals surface area contributed by atoms with Crippen LogP contribution in [0.2, 0.25) is 0 Å². The van der Waals surface area contributed by atoms with E-state index in [-0.39, 0.29) is 18.0 Å². The first kappa shape index (κ1) is 29.9. The molecule has 1 aliphatic rings. The second-order valence-electron chi connectivity index (χ2n) is 11.3. The van der Waals surface area contributed by atoms with Crippen LogP contribution in [0.3, 0.4) is 0 Å². The zero-order valence-electron chi connectivity index (χ0n) is 24.7. The van der Waals surface area contributed by atoms with Crippen LogP contribution in [-0.4, -0.2) is 78.7 Å². The van der Waals surface area contributed by atoms with Gasteiger partial charge in [-0.1, -0.05) is 48.5 Å². The molecule has 2 amide bonds. The molecule has 41 heavy (non-hydrogen) atoms. The van der Waals surface area contributed by atoms with Gasteiger partial charge in [0.05, 0.1) is 20.3 Å². The Morgan fingerprint density at radius 1 is 0.902 bits per heavy atom. The Morgan fingerprint density at radius 3 is 2.22 bits per heavy atom. The molecule has 1 saturated heterocycles. The molecule has 218 valence electrons.